The van der Waals surface area contributed by atoms with Gasteiger partial charge in [0.25, 0.3) is 5.91 Å². The molecule has 144 valence electrons. The molecule has 5 nitrogen and oxygen atoms in total. The molecule has 1 unspecified atom stereocenters. The van der Waals surface area contributed by atoms with Crippen molar-refractivity contribution in [3.05, 3.63) is 33.8 Å². The number of likely N-dealkylation sites (tertiary alicyclic amines) is 1. The number of rotatable bonds is 8. The van der Waals surface area contributed by atoms with Gasteiger partial charge in [-0.1, -0.05) is 37.0 Å². The van der Waals surface area contributed by atoms with Gasteiger partial charge in [0, 0.05) is 41.9 Å². The van der Waals surface area contributed by atoms with Gasteiger partial charge in [0.05, 0.1) is 0 Å². The normalized spacial score (nSPS) is 17.0. The van der Waals surface area contributed by atoms with Crippen LogP contribution < -0.4 is 5.32 Å². The quantitative estimate of drug-likeness (QED) is 0.675. The second-order valence-corrected chi connectivity index (χ2v) is 7.80. The van der Waals surface area contributed by atoms with Gasteiger partial charge < -0.3 is 15.0 Å². The summed E-state index contributed by atoms with van der Waals surface area (Å²) in [6.07, 6.45) is 2.22. The summed E-state index contributed by atoms with van der Waals surface area (Å²) in [6.45, 7) is 6.63. The van der Waals surface area contributed by atoms with Crippen LogP contribution in [0.5, 0.6) is 0 Å². The Morgan fingerprint density at radius 3 is 2.62 bits per heavy atom. The van der Waals surface area contributed by atoms with Crippen LogP contribution >= 0.6 is 23.2 Å². The minimum atomic E-state index is -0.447. The standard InChI is InChI=1S/C19H26Cl2N2O3/c1-13(2)12-26-8-4-6-22-18(24)17-5-3-7-23(17)19(25)14-9-15(20)11-16(21)10-14/h9-11,13,17H,3-8,12H2,1-2H3,(H,22,24). The topological polar surface area (TPSA) is 58.6 Å². The second kappa shape index (κ2) is 10.1. The van der Waals surface area contributed by atoms with Crippen molar-refractivity contribution in [1.82, 2.24) is 10.2 Å². The van der Waals surface area contributed by atoms with Gasteiger partial charge in [0.2, 0.25) is 5.91 Å². The van der Waals surface area contributed by atoms with Crippen molar-refractivity contribution >= 4 is 35.0 Å². The summed E-state index contributed by atoms with van der Waals surface area (Å²) in [7, 11) is 0. The Bertz CT molecular complexity index is 617. The van der Waals surface area contributed by atoms with Gasteiger partial charge in [0.15, 0.2) is 0 Å². The number of benzene rings is 1. The molecular formula is C19H26Cl2N2O3. The van der Waals surface area contributed by atoms with E-state index < -0.39 is 6.04 Å². The Morgan fingerprint density at radius 2 is 1.96 bits per heavy atom. The third-order valence-electron chi connectivity index (χ3n) is 4.14. The van der Waals surface area contributed by atoms with Crippen LogP contribution in [0.1, 0.15) is 43.5 Å². The second-order valence-electron chi connectivity index (χ2n) is 6.93. The zero-order valence-electron chi connectivity index (χ0n) is 15.3. The third kappa shape index (κ3) is 6.15. The molecule has 0 aliphatic carbocycles. The lowest BCUT2D eigenvalue weighted by Crippen LogP contribution is -2.46. The molecule has 1 heterocycles. The van der Waals surface area contributed by atoms with Gasteiger partial charge in [-0.25, -0.2) is 0 Å². The molecular weight excluding hydrogens is 375 g/mol. The summed E-state index contributed by atoms with van der Waals surface area (Å²) in [5.74, 6) is 0.169. The molecule has 1 aliphatic heterocycles. The van der Waals surface area contributed by atoms with E-state index in [2.05, 4.69) is 19.2 Å². The van der Waals surface area contributed by atoms with Crippen LogP contribution in [0, 0.1) is 5.92 Å². The van der Waals surface area contributed by atoms with Gasteiger partial charge in [0.1, 0.15) is 6.04 Å². The summed E-state index contributed by atoms with van der Waals surface area (Å²) < 4.78 is 5.50. The molecule has 1 aromatic carbocycles. The first-order valence-corrected chi connectivity index (χ1v) is 9.76. The molecule has 0 spiro atoms. The lowest BCUT2D eigenvalue weighted by Gasteiger charge is -2.24. The third-order valence-corrected chi connectivity index (χ3v) is 4.58. The number of ether oxygens (including phenoxy) is 1. The predicted molar refractivity (Wildman–Crippen MR) is 104 cm³/mol. The van der Waals surface area contributed by atoms with Crippen LogP contribution in [0.4, 0.5) is 0 Å². The van der Waals surface area contributed by atoms with E-state index in [-0.39, 0.29) is 11.8 Å². The highest BCUT2D eigenvalue weighted by atomic mass is 35.5. The van der Waals surface area contributed by atoms with Gasteiger partial charge >= 0.3 is 0 Å². The molecule has 0 aromatic heterocycles. The number of halogens is 2. The van der Waals surface area contributed by atoms with E-state index in [1.807, 2.05) is 0 Å². The minimum absolute atomic E-state index is 0.118. The highest BCUT2D eigenvalue weighted by molar-refractivity contribution is 6.35. The largest absolute Gasteiger partial charge is 0.381 e. The molecule has 0 radical (unpaired) electrons. The molecule has 1 aliphatic rings. The lowest BCUT2D eigenvalue weighted by atomic mass is 10.1. The van der Waals surface area contributed by atoms with Gasteiger partial charge in [-0.2, -0.15) is 0 Å². The zero-order chi connectivity index (χ0) is 19.1. The molecule has 0 bridgehead atoms. The van der Waals surface area contributed by atoms with Gasteiger partial charge in [-0.15, -0.1) is 0 Å². The lowest BCUT2D eigenvalue weighted by molar-refractivity contribution is -0.124. The molecule has 2 rings (SSSR count). The summed E-state index contributed by atoms with van der Waals surface area (Å²) in [5.41, 5.74) is 0.407. The van der Waals surface area contributed by atoms with Crippen molar-refractivity contribution in [1.29, 1.82) is 0 Å². The Labute approximate surface area is 165 Å². The summed E-state index contributed by atoms with van der Waals surface area (Å²) >= 11 is 12.0. The molecule has 1 aromatic rings. The number of hydrogen-bond donors (Lipinski definition) is 1. The number of carbonyl (C=O) groups is 2. The minimum Gasteiger partial charge on any atom is -0.381 e. The maximum Gasteiger partial charge on any atom is 0.254 e. The molecule has 1 N–H and O–H groups in total. The van der Waals surface area contributed by atoms with Crippen LogP contribution in [0.25, 0.3) is 0 Å². The molecule has 0 saturated carbocycles. The van der Waals surface area contributed by atoms with E-state index in [0.29, 0.717) is 47.6 Å². The fourth-order valence-electron chi connectivity index (χ4n) is 2.95. The Morgan fingerprint density at radius 1 is 1.27 bits per heavy atom. The van der Waals surface area contributed by atoms with E-state index in [1.165, 1.54) is 0 Å². The maximum atomic E-state index is 12.8. The van der Waals surface area contributed by atoms with Crippen LogP contribution in [-0.2, 0) is 9.53 Å². The molecule has 1 fully saturated rings. The van der Waals surface area contributed by atoms with Crippen LogP contribution in [0.15, 0.2) is 18.2 Å². The van der Waals surface area contributed by atoms with Crippen LogP contribution in [-0.4, -0.2) is 49.1 Å². The van der Waals surface area contributed by atoms with E-state index in [0.717, 1.165) is 19.4 Å². The predicted octanol–water partition coefficient (Wildman–Crippen LogP) is 3.78. The van der Waals surface area contributed by atoms with E-state index in [9.17, 15) is 9.59 Å². The summed E-state index contributed by atoms with van der Waals surface area (Å²) in [4.78, 5) is 26.8. The monoisotopic (exact) mass is 400 g/mol. The van der Waals surface area contributed by atoms with Crippen molar-refractivity contribution in [3.8, 4) is 0 Å². The average molecular weight is 401 g/mol. The molecule has 1 atom stereocenters. The van der Waals surface area contributed by atoms with Crippen molar-refractivity contribution in [2.45, 2.75) is 39.2 Å². The molecule has 2 amide bonds. The first kappa shape index (κ1) is 21.0. The summed E-state index contributed by atoms with van der Waals surface area (Å²) in [5, 5.41) is 3.72. The zero-order valence-corrected chi connectivity index (χ0v) is 16.8. The average Bonchev–Trinajstić information content (AvgIpc) is 3.05. The number of nitrogens with zero attached hydrogens (tertiary/aromatic N) is 1. The van der Waals surface area contributed by atoms with E-state index in [4.69, 9.17) is 27.9 Å². The first-order chi connectivity index (χ1) is 12.4. The molecule has 7 heteroatoms. The van der Waals surface area contributed by atoms with Gasteiger partial charge in [-0.05, 0) is 43.4 Å². The van der Waals surface area contributed by atoms with Crippen molar-refractivity contribution in [2.24, 2.45) is 5.92 Å². The fraction of sp³-hybridized carbons (Fsp3) is 0.579. The number of carbonyl (C=O) groups excluding carboxylic acids is 2. The highest BCUT2D eigenvalue weighted by Crippen LogP contribution is 2.24. The van der Waals surface area contributed by atoms with Crippen molar-refractivity contribution < 1.29 is 14.3 Å². The van der Waals surface area contributed by atoms with Gasteiger partial charge in [-0.3, -0.25) is 9.59 Å². The molecule has 26 heavy (non-hydrogen) atoms. The summed E-state index contributed by atoms with van der Waals surface area (Å²) in [6, 6.07) is 4.29. The SMILES string of the molecule is CC(C)COCCCNC(=O)C1CCCN1C(=O)c1cc(Cl)cc(Cl)c1. The maximum absolute atomic E-state index is 12.8. The van der Waals surface area contributed by atoms with Crippen LogP contribution in [0.3, 0.4) is 0 Å². The number of nitrogens with one attached hydrogen (secondary N) is 1. The van der Waals surface area contributed by atoms with E-state index in [1.54, 1.807) is 23.1 Å². The van der Waals surface area contributed by atoms with Crippen LogP contribution in [0.2, 0.25) is 10.0 Å². The van der Waals surface area contributed by atoms with Crippen molar-refractivity contribution in [2.75, 3.05) is 26.3 Å². The number of hydrogen-bond acceptors (Lipinski definition) is 3. The first-order valence-electron chi connectivity index (χ1n) is 9.01. The Hall–Kier alpha value is -1.30. The van der Waals surface area contributed by atoms with Crippen molar-refractivity contribution in [3.63, 3.8) is 0 Å². The number of amides is 2. The van der Waals surface area contributed by atoms with E-state index >= 15 is 0 Å². The highest BCUT2D eigenvalue weighted by Gasteiger charge is 2.34. The smallest absolute Gasteiger partial charge is 0.254 e. The Balaban J connectivity index is 1.86. The Kier molecular flexibility index (Phi) is 8.19. The fourth-order valence-corrected chi connectivity index (χ4v) is 3.47. The molecule has 1 saturated heterocycles.